The number of halogens is 2. The molecule has 0 aliphatic rings. The average Bonchev–Trinajstić information content (AvgIpc) is 2.30. The number of carbonyl (C=O) groups excluding carboxylic acids is 1. The molecule has 1 aromatic heterocycles. The molecule has 1 rings (SSSR count). The molecule has 17 heavy (non-hydrogen) atoms. The third kappa shape index (κ3) is 3.20. The largest absolute Gasteiger partial charge is 0.469 e. The van der Waals surface area contributed by atoms with Gasteiger partial charge in [-0.25, -0.2) is 8.78 Å². The molecular formula is C11H14F2N2O2. The molecule has 0 amide bonds. The van der Waals surface area contributed by atoms with Crippen LogP contribution in [0.3, 0.4) is 0 Å². The molecule has 94 valence electrons. The van der Waals surface area contributed by atoms with Crippen molar-refractivity contribution in [3.05, 3.63) is 28.6 Å². The van der Waals surface area contributed by atoms with Crippen LogP contribution in [0.2, 0.25) is 0 Å². The van der Waals surface area contributed by atoms with Crippen LogP contribution in [0, 0.1) is 6.92 Å². The van der Waals surface area contributed by atoms with Crippen molar-refractivity contribution < 1.29 is 18.3 Å². The van der Waals surface area contributed by atoms with Crippen molar-refractivity contribution >= 4 is 5.97 Å². The molecule has 1 heterocycles. The maximum atomic E-state index is 12.5. The Morgan fingerprint density at radius 3 is 2.71 bits per heavy atom. The van der Waals surface area contributed by atoms with E-state index in [-0.39, 0.29) is 18.7 Å². The van der Waals surface area contributed by atoms with Gasteiger partial charge < -0.3 is 10.5 Å². The van der Waals surface area contributed by atoms with Gasteiger partial charge in [-0.2, -0.15) is 0 Å². The minimum atomic E-state index is -2.65. The summed E-state index contributed by atoms with van der Waals surface area (Å²) < 4.78 is 29.6. The first-order valence-corrected chi connectivity index (χ1v) is 5.04. The number of nitrogens with two attached hydrogens (primary N) is 1. The maximum absolute atomic E-state index is 12.5. The van der Waals surface area contributed by atoms with Gasteiger partial charge in [-0.3, -0.25) is 9.78 Å². The number of hydrogen-bond donors (Lipinski definition) is 1. The highest BCUT2D eigenvalue weighted by Crippen LogP contribution is 2.22. The van der Waals surface area contributed by atoms with Crippen LogP contribution < -0.4 is 5.73 Å². The van der Waals surface area contributed by atoms with E-state index in [9.17, 15) is 13.6 Å². The molecule has 0 aliphatic carbocycles. The molecule has 0 aromatic carbocycles. The lowest BCUT2D eigenvalue weighted by Crippen LogP contribution is -2.14. The molecule has 0 aliphatic heterocycles. The SMILES string of the molecule is COC(=O)Cc1c(C)cc(C(F)F)nc1CN. The van der Waals surface area contributed by atoms with Gasteiger partial charge in [0.25, 0.3) is 6.43 Å². The number of esters is 1. The predicted molar refractivity (Wildman–Crippen MR) is 57.5 cm³/mol. The number of hydrogen-bond acceptors (Lipinski definition) is 4. The van der Waals surface area contributed by atoms with E-state index < -0.39 is 12.4 Å². The van der Waals surface area contributed by atoms with Crippen molar-refractivity contribution in [1.29, 1.82) is 0 Å². The van der Waals surface area contributed by atoms with Gasteiger partial charge >= 0.3 is 5.97 Å². The van der Waals surface area contributed by atoms with E-state index in [2.05, 4.69) is 9.72 Å². The summed E-state index contributed by atoms with van der Waals surface area (Å²) >= 11 is 0. The zero-order valence-electron chi connectivity index (χ0n) is 9.67. The molecule has 0 saturated carbocycles. The van der Waals surface area contributed by atoms with Crippen molar-refractivity contribution in [2.45, 2.75) is 26.3 Å². The number of alkyl halides is 2. The van der Waals surface area contributed by atoms with Crippen LogP contribution in [-0.4, -0.2) is 18.1 Å². The third-order valence-electron chi connectivity index (χ3n) is 2.42. The van der Waals surface area contributed by atoms with Crippen molar-refractivity contribution in [3.63, 3.8) is 0 Å². The quantitative estimate of drug-likeness (QED) is 0.815. The standard InChI is InChI=1S/C11H14F2N2O2/c1-6-3-8(11(12)13)15-9(5-14)7(6)4-10(16)17-2/h3,11H,4-5,14H2,1-2H3. The van der Waals surface area contributed by atoms with Crippen LogP contribution >= 0.6 is 0 Å². The lowest BCUT2D eigenvalue weighted by Gasteiger charge is -2.12. The zero-order chi connectivity index (χ0) is 13.0. The molecular weight excluding hydrogens is 230 g/mol. The van der Waals surface area contributed by atoms with Gasteiger partial charge in [0.05, 0.1) is 19.2 Å². The molecule has 0 fully saturated rings. The minimum Gasteiger partial charge on any atom is -0.469 e. The first kappa shape index (κ1) is 13.5. The Labute approximate surface area is 97.8 Å². The number of methoxy groups -OCH3 is 1. The lowest BCUT2D eigenvalue weighted by molar-refractivity contribution is -0.139. The van der Waals surface area contributed by atoms with Crippen molar-refractivity contribution in [2.75, 3.05) is 7.11 Å². The Morgan fingerprint density at radius 1 is 1.59 bits per heavy atom. The number of aryl methyl sites for hydroxylation is 1. The molecule has 0 radical (unpaired) electrons. The highest BCUT2D eigenvalue weighted by atomic mass is 19.3. The molecule has 2 N–H and O–H groups in total. The molecule has 0 saturated heterocycles. The van der Waals surface area contributed by atoms with Crippen LogP contribution in [0.4, 0.5) is 8.78 Å². The third-order valence-corrected chi connectivity index (χ3v) is 2.42. The van der Waals surface area contributed by atoms with Gasteiger partial charge in [-0.05, 0) is 24.1 Å². The summed E-state index contributed by atoms with van der Waals surface area (Å²) in [6.45, 7) is 1.65. The molecule has 0 unspecified atom stereocenters. The molecule has 0 bridgehead atoms. The summed E-state index contributed by atoms with van der Waals surface area (Å²) in [5, 5.41) is 0. The van der Waals surface area contributed by atoms with Crippen LogP contribution in [0.15, 0.2) is 6.07 Å². The molecule has 0 atom stereocenters. The molecule has 0 spiro atoms. The van der Waals surface area contributed by atoms with Crippen LogP contribution in [-0.2, 0) is 22.5 Å². The first-order valence-electron chi connectivity index (χ1n) is 5.04. The van der Waals surface area contributed by atoms with E-state index in [4.69, 9.17) is 5.73 Å². The smallest absolute Gasteiger partial charge is 0.310 e. The topological polar surface area (TPSA) is 65.2 Å². The average molecular weight is 244 g/mol. The summed E-state index contributed by atoms with van der Waals surface area (Å²) in [7, 11) is 1.26. The van der Waals surface area contributed by atoms with Gasteiger partial charge in [0.15, 0.2) is 0 Å². The zero-order valence-corrected chi connectivity index (χ0v) is 9.67. The minimum absolute atomic E-state index is 0.00767. The Hall–Kier alpha value is -1.56. The summed E-state index contributed by atoms with van der Waals surface area (Å²) in [4.78, 5) is 14.9. The van der Waals surface area contributed by atoms with Gasteiger partial charge in [0.1, 0.15) is 5.69 Å². The van der Waals surface area contributed by atoms with Crippen molar-refractivity contribution in [1.82, 2.24) is 4.98 Å². The monoisotopic (exact) mass is 244 g/mol. The summed E-state index contributed by atoms with van der Waals surface area (Å²) in [6.07, 6.45) is -2.66. The molecule has 4 nitrogen and oxygen atoms in total. The second-order valence-electron chi connectivity index (χ2n) is 3.55. The van der Waals surface area contributed by atoms with Crippen molar-refractivity contribution in [2.24, 2.45) is 5.73 Å². The number of ether oxygens (including phenoxy) is 1. The summed E-state index contributed by atoms with van der Waals surface area (Å²) in [5.74, 6) is -0.450. The number of rotatable bonds is 4. The van der Waals surface area contributed by atoms with E-state index in [0.717, 1.165) is 0 Å². The van der Waals surface area contributed by atoms with Gasteiger partial charge in [-0.15, -0.1) is 0 Å². The summed E-state index contributed by atoms with van der Waals surface area (Å²) in [6, 6.07) is 1.27. The molecule has 6 heteroatoms. The van der Waals surface area contributed by atoms with Crippen LogP contribution in [0.25, 0.3) is 0 Å². The van der Waals surface area contributed by atoms with Crippen LogP contribution in [0.1, 0.15) is 28.9 Å². The fraction of sp³-hybridized carbons (Fsp3) is 0.455. The predicted octanol–water partition coefficient (Wildman–Crippen LogP) is 1.50. The summed E-state index contributed by atoms with van der Waals surface area (Å²) in [5.41, 5.74) is 6.56. The molecule has 1 aromatic rings. The second-order valence-corrected chi connectivity index (χ2v) is 3.55. The van der Waals surface area contributed by atoms with E-state index in [1.165, 1.54) is 13.2 Å². The highest BCUT2D eigenvalue weighted by Gasteiger charge is 2.17. The van der Waals surface area contributed by atoms with Gasteiger partial charge in [0.2, 0.25) is 0 Å². The van der Waals surface area contributed by atoms with E-state index in [1.807, 2.05) is 0 Å². The van der Waals surface area contributed by atoms with E-state index >= 15 is 0 Å². The Balaban J connectivity index is 3.16. The highest BCUT2D eigenvalue weighted by molar-refractivity contribution is 5.73. The Kier molecular flexibility index (Phi) is 4.51. The number of aromatic nitrogens is 1. The fourth-order valence-corrected chi connectivity index (χ4v) is 1.53. The van der Waals surface area contributed by atoms with E-state index in [0.29, 0.717) is 16.8 Å². The number of pyridine rings is 1. The van der Waals surface area contributed by atoms with Gasteiger partial charge in [0, 0.05) is 6.54 Å². The number of nitrogens with zero attached hydrogens (tertiary/aromatic N) is 1. The maximum Gasteiger partial charge on any atom is 0.310 e. The van der Waals surface area contributed by atoms with Crippen LogP contribution in [0.5, 0.6) is 0 Å². The van der Waals surface area contributed by atoms with Crippen molar-refractivity contribution in [3.8, 4) is 0 Å². The Bertz CT molecular complexity index is 422. The fourth-order valence-electron chi connectivity index (χ4n) is 1.53. The normalized spacial score (nSPS) is 10.7. The lowest BCUT2D eigenvalue weighted by atomic mass is 10.0. The first-order chi connectivity index (χ1) is 7.99. The van der Waals surface area contributed by atoms with E-state index in [1.54, 1.807) is 6.92 Å². The second kappa shape index (κ2) is 5.67. The Morgan fingerprint density at radius 2 is 2.24 bits per heavy atom. The van der Waals surface area contributed by atoms with Gasteiger partial charge in [-0.1, -0.05) is 0 Å². The number of carbonyl (C=O) groups is 1.